The minimum atomic E-state index is -0.505. The summed E-state index contributed by atoms with van der Waals surface area (Å²) in [6.07, 6.45) is 3.57. The van der Waals surface area contributed by atoms with Gasteiger partial charge in [0.15, 0.2) is 0 Å². The number of nitrogens with one attached hydrogen (secondary N) is 1. The molecule has 0 aliphatic rings. The van der Waals surface area contributed by atoms with E-state index in [4.69, 9.17) is 0 Å². The van der Waals surface area contributed by atoms with E-state index in [1.807, 2.05) is 0 Å². The molecule has 1 N–H and O–H groups in total. The van der Waals surface area contributed by atoms with Crippen molar-refractivity contribution in [2.75, 3.05) is 5.32 Å². The van der Waals surface area contributed by atoms with Gasteiger partial charge in [-0.2, -0.15) is 0 Å². The molecule has 280 valence electrons. The molecule has 1 atom stereocenters. The van der Waals surface area contributed by atoms with Crippen LogP contribution in [0.3, 0.4) is 0 Å². The van der Waals surface area contributed by atoms with Crippen molar-refractivity contribution < 1.29 is 0 Å². The smallest absolute Gasteiger partial charge is 0.0704 e. The summed E-state index contributed by atoms with van der Waals surface area (Å²) in [6.45, 7) is 4.69. The highest BCUT2D eigenvalue weighted by atomic mass is 14.9. The van der Waals surface area contributed by atoms with Crippen molar-refractivity contribution >= 4 is 11.4 Å². The summed E-state index contributed by atoms with van der Waals surface area (Å²) < 4.78 is 0. The fourth-order valence-corrected chi connectivity index (χ4v) is 9.12. The second kappa shape index (κ2) is 17.1. The van der Waals surface area contributed by atoms with Crippen LogP contribution in [0.2, 0.25) is 0 Å². The molecule has 8 aromatic rings. The summed E-state index contributed by atoms with van der Waals surface area (Å²) in [5.74, 6) is 0.432. The monoisotopic (exact) mass is 737 g/mol. The Morgan fingerprint density at radius 1 is 0.368 bits per heavy atom. The van der Waals surface area contributed by atoms with Crippen molar-refractivity contribution in [2.24, 2.45) is 0 Å². The molecule has 0 amide bonds. The van der Waals surface area contributed by atoms with Crippen LogP contribution in [0.15, 0.2) is 224 Å². The van der Waals surface area contributed by atoms with E-state index in [1.54, 1.807) is 0 Å². The van der Waals surface area contributed by atoms with Crippen LogP contribution in [0.5, 0.6) is 0 Å². The topological polar surface area (TPSA) is 12.0 Å². The molecule has 1 unspecified atom stereocenters. The van der Waals surface area contributed by atoms with E-state index in [2.05, 4.69) is 244 Å². The predicted molar refractivity (Wildman–Crippen MR) is 241 cm³/mol. The molecule has 0 fully saturated rings. The summed E-state index contributed by atoms with van der Waals surface area (Å²) in [7, 11) is 0. The van der Waals surface area contributed by atoms with Gasteiger partial charge in [-0.25, -0.2) is 0 Å². The van der Waals surface area contributed by atoms with Crippen molar-refractivity contribution in [2.45, 2.75) is 49.9 Å². The molecule has 0 aliphatic carbocycles. The molecular formula is C56H51N. The molecule has 0 saturated heterocycles. The Labute approximate surface area is 339 Å². The largest absolute Gasteiger partial charge is 0.356 e. The lowest BCUT2D eigenvalue weighted by molar-refractivity contribution is 0.608. The maximum Gasteiger partial charge on any atom is 0.0704 e. The summed E-state index contributed by atoms with van der Waals surface area (Å²) in [6, 6.07) is 82.2. The van der Waals surface area contributed by atoms with Gasteiger partial charge in [-0.05, 0) is 86.7 Å². The van der Waals surface area contributed by atoms with Gasteiger partial charge in [0.1, 0.15) is 0 Å². The van der Waals surface area contributed by atoms with E-state index >= 15 is 0 Å². The van der Waals surface area contributed by atoms with Crippen LogP contribution in [0.1, 0.15) is 89.1 Å². The van der Waals surface area contributed by atoms with Crippen molar-refractivity contribution in [3.8, 4) is 0 Å². The fraction of sp³-hybridized carbons (Fsp3) is 0.143. The average Bonchev–Trinajstić information content (AvgIpc) is 3.29. The van der Waals surface area contributed by atoms with Gasteiger partial charge >= 0.3 is 0 Å². The van der Waals surface area contributed by atoms with Crippen molar-refractivity contribution in [3.05, 3.63) is 275 Å². The van der Waals surface area contributed by atoms with Gasteiger partial charge in [0, 0.05) is 11.4 Å². The summed E-state index contributed by atoms with van der Waals surface area (Å²) in [5.41, 5.74) is 12.6. The molecule has 8 rings (SSSR count). The van der Waals surface area contributed by atoms with E-state index in [0.717, 1.165) is 17.8 Å². The molecule has 0 radical (unpaired) electrons. The van der Waals surface area contributed by atoms with Crippen LogP contribution in [-0.2, 0) is 10.8 Å². The number of benzene rings is 8. The first-order valence-corrected chi connectivity index (χ1v) is 20.5. The maximum atomic E-state index is 3.75. The molecular weight excluding hydrogens is 687 g/mol. The first kappa shape index (κ1) is 37.5. The molecule has 0 heterocycles. The molecule has 0 spiro atoms. The Morgan fingerprint density at radius 2 is 0.684 bits per heavy atom. The van der Waals surface area contributed by atoms with Crippen LogP contribution >= 0.6 is 0 Å². The van der Waals surface area contributed by atoms with Gasteiger partial charge in [-0.15, -0.1) is 0 Å². The highest BCUT2D eigenvalue weighted by Crippen LogP contribution is 2.49. The zero-order chi connectivity index (χ0) is 38.9. The van der Waals surface area contributed by atoms with Crippen molar-refractivity contribution in [3.63, 3.8) is 0 Å². The third-order valence-electron chi connectivity index (χ3n) is 11.8. The van der Waals surface area contributed by atoms with E-state index < -0.39 is 10.8 Å². The zero-order valence-electron chi connectivity index (χ0n) is 33.1. The Hall–Kier alpha value is -6.44. The number of unbranched alkanes of at least 4 members (excludes halogenated alkanes) is 1. The zero-order valence-corrected chi connectivity index (χ0v) is 33.1. The van der Waals surface area contributed by atoms with E-state index in [-0.39, 0.29) is 0 Å². The number of hydrogen-bond donors (Lipinski definition) is 1. The Balaban J connectivity index is 1.20. The van der Waals surface area contributed by atoms with Gasteiger partial charge in [0.25, 0.3) is 0 Å². The fourth-order valence-electron chi connectivity index (χ4n) is 9.12. The van der Waals surface area contributed by atoms with Crippen LogP contribution in [-0.4, -0.2) is 0 Å². The SMILES string of the molecule is CCCCC(C)c1ccccc1C(c1ccccc1)(c1ccccc1)c1ccc(Nc2ccc(C(c3ccccc3)(c3ccccc3)c3ccccc3)cc2)cc1. The highest BCUT2D eigenvalue weighted by molar-refractivity contribution is 5.67. The third kappa shape index (κ3) is 7.23. The first-order chi connectivity index (χ1) is 28.2. The molecule has 0 aliphatic heterocycles. The quantitative estimate of drug-likeness (QED) is 0.110. The molecule has 0 saturated carbocycles. The molecule has 1 heteroatoms. The Bertz CT molecular complexity index is 2300. The Morgan fingerprint density at radius 3 is 1.07 bits per heavy atom. The lowest BCUT2D eigenvalue weighted by Crippen LogP contribution is -2.32. The molecule has 0 bridgehead atoms. The summed E-state index contributed by atoms with van der Waals surface area (Å²) >= 11 is 0. The average molecular weight is 738 g/mol. The van der Waals surface area contributed by atoms with E-state index in [1.165, 1.54) is 62.9 Å². The van der Waals surface area contributed by atoms with Crippen LogP contribution in [0.4, 0.5) is 11.4 Å². The van der Waals surface area contributed by atoms with Crippen molar-refractivity contribution in [1.29, 1.82) is 0 Å². The lowest BCUT2D eigenvalue weighted by Gasteiger charge is -2.39. The van der Waals surface area contributed by atoms with Gasteiger partial charge in [0.05, 0.1) is 10.8 Å². The standard InChI is InChI=1S/C56H51N/c1-3-4-22-43(2)53-33-20-21-34-54(53)56(47-29-16-8-17-30-47,48-31-18-9-19-32-48)50-37-41-52(42-38-50)57-51-39-35-49(36-40-51)55(44-23-10-5-11-24-44,45-25-12-6-13-26-45)46-27-14-7-15-28-46/h5-21,23-43,57H,3-4,22H2,1-2H3. The second-order valence-electron chi connectivity index (χ2n) is 15.2. The van der Waals surface area contributed by atoms with E-state index in [0.29, 0.717) is 5.92 Å². The minimum Gasteiger partial charge on any atom is -0.356 e. The second-order valence-corrected chi connectivity index (χ2v) is 15.2. The van der Waals surface area contributed by atoms with Crippen molar-refractivity contribution in [1.82, 2.24) is 0 Å². The van der Waals surface area contributed by atoms with Crippen LogP contribution in [0, 0.1) is 0 Å². The normalized spacial score (nSPS) is 12.2. The molecule has 57 heavy (non-hydrogen) atoms. The maximum absolute atomic E-state index is 3.75. The minimum absolute atomic E-state index is 0.432. The van der Waals surface area contributed by atoms with Crippen LogP contribution < -0.4 is 5.32 Å². The van der Waals surface area contributed by atoms with Gasteiger partial charge in [-0.3, -0.25) is 0 Å². The molecule has 1 nitrogen and oxygen atoms in total. The van der Waals surface area contributed by atoms with Crippen LogP contribution in [0.25, 0.3) is 0 Å². The van der Waals surface area contributed by atoms with E-state index in [9.17, 15) is 0 Å². The number of rotatable bonds is 14. The van der Waals surface area contributed by atoms with Gasteiger partial charge in [-0.1, -0.05) is 227 Å². The molecule has 8 aromatic carbocycles. The Kier molecular flexibility index (Phi) is 11.3. The predicted octanol–water partition coefficient (Wildman–Crippen LogP) is 14.5. The number of anilines is 2. The molecule has 0 aromatic heterocycles. The van der Waals surface area contributed by atoms with Gasteiger partial charge < -0.3 is 5.32 Å². The van der Waals surface area contributed by atoms with Gasteiger partial charge in [0.2, 0.25) is 0 Å². The first-order valence-electron chi connectivity index (χ1n) is 20.5. The number of hydrogen-bond acceptors (Lipinski definition) is 1. The summed E-state index contributed by atoms with van der Waals surface area (Å²) in [5, 5.41) is 3.75. The summed E-state index contributed by atoms with van der Waals surface area (Å²) in [4.78, 5) is 0. The third-order valence-corrected chi connectivity index (χ3v) is 11.8. The highest BCUT2D eigenvalue weighted by Gasteiger charge is 2.41. The lowest BCUT2D eigenvalue weighted by atomic mass is 9.63.